The average Bonchev–Trinajstić information content (AvgIpc) is 2.33. The van der Waals surface area contributed by atoms with Gasteiger partial charge >= 0.3 is 0 Å². The summed E-state index contributed by atoms with van der Waals surface area (Å²) >= 11 is 0. The van der Waals surface area contributed by atoms with Crippen LogP contribution in [-0.4, -0.2) is 31.8 Å². The summed E-state index contributed by atoms with van der Waals surface area (Å²) in [6, 6.07) is 2.06. The Morgan fingerprint density at radius 3 is 2.78 bits per heavy atom. The predicted molar refractivity (Wildman–Crippen MR) is 75.9 cm³/mol. The molecule has 1 aromatic heterocycles. The zero-order chi connectivity index (χ0) is 13.5. The molecule has 0 unspecified atom stereocenters. The summed E-state index contributed by atoms with van der Waals surface area (Å²) < 4.78 is 5.14. The highest BCUT2D eigenvalue weighted by Crippen LogP contribution is 2.22. The van der Waals surface area contributed by atoms with Crippen molar-refractivity contribution >= 4 is 5.82 Å². The van der Waals surface area contributed by atoms with Crippen molar-refractivity contribution < 1.29 is 4.74 Å². The maximum absolute atomic E-state index is 5.84. The van der Waals surface area contributed by atoms with E-state index in [9.17, 15) is 0 Å². The number of pyridine rings is 1. The van der Waals surface area contributed by atoms with E-state index in [1.54, 1.807) is 7.11 Å². The van der Waals surface area contributed by atoms with Gasteiger partial charge < -0.3 is 15.4 Å². The molecule has 0 aliphatic heterocycles. The van der Waals surface area contributed by atoms with Crippen LogP contribution < -0.4 is 10.6 Å². The quantitative estimate of drug-likeness (QED) is 0.749. The van der Waals surface area contributed by atoms with E-state index in [0.29, 0.717) is 13.2 Å². The van der Waals surface area contributed by atoms with Crippen LogP contribution in [0.25, 0.3) is 0 Å². The van der Waals surface area contributed by atoms with Crippen LogP contribution in [0.5, 0.6) is 0 Å². The highest BCUT2D eigenvalue weighted by Gasteiger charge is 2.13. The fourth-order valence-electron chi connectivity index (χ4n) is 2.00. The van der Waals surface area contributed by atoms with Crippen LogP contribution in [0.1, 0.15) is 16.8 Å². The maximum atomic E-state index is 5.84. The SMILES string of the molecule is C=CCN(CCOC)c1nc(C)cc(C)c1CN. The molecule has 0 spiro atoms. The van der Waals surface area contributed by atoms with Crippen molar-refractivity contribution in [2.24, 2.45) is 5.73 Å². The molecule has 1 aromatic rings. The van der Waals surface area contributed by atoms with Crippen molar-refractivity contribution in [3.63, 3.8) is 0 Å². The van der Waals surface area contributed by atoms with Gasteiger partial charge in [-0.05, 0) is 25.5 Å². The van der Waals surface area contributed by atoms with Gasteiger partial charge in [0, 0.05) is 38.0 Å². The molecule has 4 nitrogen and oxygen atoms in total. The van der Waals surface area contributed by atoms with Gasteiger partial charge in [0.2, 0.25) is 0 Å². The number of nitrogens with two attached hydrogens (primary N) is 1. The molecule has 1 heterocycles. The van der Waals surface area contributed by atoms with Crippen molar-refractivity contribution in [1.29, 1.82) is 0 Å². The molecule has 1 rings (SSSR count). The Hall–Kier alpha value is -1.39. The molecule has 0 radical (unpaired) electrons. The second kappa shape index (κ2) is 7.13. The number of anilines is 1. The van der Waals surface area contributed by atoms with Gasteiger partial charge in [0.25, 0.3) is 0 Å². The fourth-order valence-corrected chi connectivity index (χ4v) is 2.00. The molecule has 0 fully saturated rings. The van der Waals surface area contributed by atoms with Gasteiger partial charge in [0.15, 0.2) is 0 Å². The second-order valence-corrected chi connectivity index (χ2v) is 4.31. The number of ether oxygens (including phenoxy) is 1. The molecule has 0 aliphatic carbocycles. The predicted octanol–water partition coefficient (Wildman–Crippen LogP) is 1.80. The Morgan fingerprint density at radius 1 is 1.50 bits per heavy atom. The molecule has 4 heteroatoms. The minimum absolute atomic E-state index is 0.495. The van der Waals surface area contributed by atoms with Crippen molar-refractivity contribution in [2.75, 3.05) is 31.7 Å². The van der Waals surface area contributed by atoms with Gasteiger partial charge in [-0.15, -0.1) is 6.58 Å². The van der Waals surface area contributed by atoms with E-state index >= 15 is 0 Å². The first-order chi connectivity index (χ1) is 8.63. The lowest BCUT2D eigenvalue weighted by Crippen LogP contribution is -2.30. The number of rotatable bonds is 7. The molecule has 0 aliphatic rings. The first-order valence-corrected chi connectivity index (χ1v) is 6.16. The van der Waals surface area contributed by atoms with Crippen LogP contribution >= 0.6 is 0 Å². The Balaban J connectivity index is 3.12. The smallest absolute Gasteiger partial charge is 0.133 e. The Labute approximate surface area is 109 Å². The minimum atomic E-state index is 0.495. The lowest BCUT2D eigenvalue weighted by atomic mass is 10.1. The van der Waals surface area contributed by atoms with E-state index in [0.717, 1.165) is 30.2 Å². The van der Waals surface area contributed by atoms with Crippen molar-refractivity contribution in [3.8, 4) is 0 Å². The zero-order valence-electron chi connectivity index (χ0n) is 11.6. The molecule has 100 valence electrons. The van der Waals surface area contributed by atoms with Gasteiger partial charge in [0.1, 0.15) is 5.82 Å². The van der Waals surface area contributed by atoms with Crippen LogP contribution in [0.3, 0.4) is 0 Å². The van der Waals surface area contributed by atoms with Crippen molar-refractivity contribution in [1.82, 2.24) is 4.98 Å². The molecule has 0 saturated carbocycles. The Bertz CT molecular complexity index is 404. The van der Waals surface area contributed by atoms with Crippen molar-refractivity contribution in [2.45, 2.75) is 20.4 Å². The molecular formula is C14H23N3O. The molecule has 0 bridgehead atoms. The molecular weight excluding hydrogens is 226 g/mol. The van der Waals surface area contributed by atoms with Gasteiger partial charge in [-0.3, -0.25) is 0 Å². The van der Waals surface area contributed by atoms with Gasteiger partial charge in [-0.1, -0.05) is 6.08 Å². The number of hydrogen-bond acceptors (Lipinski definition) is 4. The fraction of sp³-hybridized carbons (Fsp3) is 0.500. The third-order valence-electron chi connectivity index (χ3n) is 2.87. The normalized spacial score (nSPS) is 10.4. The van der Waals surface area contributed by atoms with Crippen LogP contribution in [0, 0.1) is 13.8 Å². The van der Waals surface area contributed by atoms with E-state index in [-0.39, 0.29) is 0 Å². The Morgan fingerprint density at radius 2 is 2.22 bits per heavy atom. The lowest BCUT2D eigenvalue weighted by molar-refractivity contribution is 0.205. The molecule has 18 heavy (non-hydrogen) atoms. The summed E-state index contributed by atoms with van der Waals surface area (Å²) in [4.78, 5) is 6.77. The molecule has 0 saturated heterocycles. The monoisotopic (exact) mass is 249 g/mol. The summed E-state index contributed by atoms with van der Waals surface area (Å²) in [6.07, 6.45) is 1.87. The number of hydrogen-bond donors (Lipinski definition) is 1. The largest absolute Gasteiger partial charge is 0.383 e. The van der Waals surface area contributed by atoms with E-state index in [1.807, 2.05) is 13.0 Å². The van der Waals surface area contributed by atoms with Gasteiger partial charge in [0.05, 0.1) is 6.61 Å². The van der Waals surface area contributed by atoms with Crippen LogP contribution in [-0.2, 0) is 11.3 Å². The maximum Gasteiger partial charge on any atom is 0.133 e. The first-order valence-electron chi connectivity index (χ1n) is 6.16. The van der Waals surface area contributed by atoms with Gasteiger partial charge in [-0.25, -0.2) is 4.98 Å². The molecule has 0 amide bonds. The second-order valence-electron chi connectivity index (χ2n) is 4.31. The van der Waals surface area contributed by atoms with Crippen molar-refractivity contribution in [3.05, 3.63) is 35.5 Å². The lowest BCUT2D eigenvalue weighted by Gasteiger charge is -2.25. The number of methoxy groups -OCH3 is 1. The van der Waals surface area contributed by atoms with E-state index in [4.69, 9.17) is 10.5 Å². The highest BCUT2D eigenvalue weighted by atomic mass is 16.5. The van der Waals surface area contributed by atoms with Crippen LogP contribution in [0.15, 0.2) is 18.7 Å². The zero-order valence-corrected chi connectivity index (χ0v) is 11.6. The standard InChI is InChI=1S/C14H23N3O/c1-5-6-17(7-8-18-4)14-13(10-15)11(2)9-12(3)16-14/h5,9H,1,6-8,10,15H2,2-4H3. The third-order valence-corrected chi connectivity index (χ3v) is 2.87. The third kappa shape index (κ3) is 3.55. The summed E-state index contributed by atoms with van der Waals surface area (Å²) in [7, 11) is 1.70. The highest BCUT2D eigenvalue weighted by molar-refractivity contribution is 5.52. The molecule has 2 N–H and O–H groups in total. The Kier molecular flexibility index (Phi) is 5.82. The summed E-state index contributed by atoms with van der Waals surface area (Å²) in [6.45, 7) is 10.5. The molecule has 0 atom stereocenters. The molecule has 0 aromatic carbocycles. The topological polar surface area (TPSA) is 51.4 Å². The summed E-state index contributed by atoms with van der Waals surface area (Å²) in [5.74, 6) is 0.951. The number of nitrogens with zero attached hydrogens (tertiary/aromatic N) is 2. The first kappa shape index (κ1) is 14.7. The minimum Gasteiger partial charge on any atom is -0.383 e. The van der Waals surface area contributed by atoms with Gasteiger partial charge in [-0.2, -0.15) is 0 Å². The van der Waals surface area contributed by atoms with E-state index in [2.05, 4.69) is 29.5 Å². The van der Waals surface area contributed by atoms with E-state index in [1.165, 1.54) is 5.56 Å². The van der Waals surface area contributed by atoms with E-state index < -0.39 is 0 Å². The summed E-state index contributed by atoms with van der Waals surface area (Å²) in [5.41, 5.74) is 9.13. The number of aryl methyl sites for hydroxylation is 2. The van der Waals surface area contributed by atoms with Crippen LogP contribution in [0.2, 0.25) is 0 Å². The average molecular weight is 249 g/mol. The summed E-state index contributed by atoms with van der Waals surface area (Å²) in [5, 5.41) is 0. The number of aromatic nitrogens is 1. The van der Waals surface area contributed by atoms with Crippen LogP contribution in [0.4, 0.5) is 5.82 Å².